The molecule has 1 heterocycles. The number of ether oxygens (including phenoxy) is 2. The van der Waals surface area contributed by atoms with Crippen LogP contribution >= 0.6 is 39.7 Å². The first-order chi connectivity index (χ1) is 8.67. The Morgan fingerprint density at radius 1 is 1.21 bits per heavy atom. The summed E-state index contributed by atoms with van der Waals surface area (Å²) in [5, 5.41) is 4.07. The Kier molecular flexibility index (Phi) is 6.13. The quantitative estimate of drug-likeness (QED) is 0.892. The molecule has 0 aliphatic carbocycles. The molecule has 19 heavy (non-hydrogen) atoms. The van der Waals surface area contributed by atoms with Crippen LogP contribution in [-0.4, -0.2) is 14.2 Å². The van der Waals surface area contributed by atoms with E-state index < -0.39 is 0 Å². The third-order valence-corrected chi connectivity index (χ3v) is 4.13. The molecule has 1 atom stereocenters. The highest BCUT2D eigenvalue weighted by atomic mass is 79.9. The molecule has 1 aromatic carbocycles. The Morgan fingerprint density at radius 3 is 2.37 bits per heavy atom. The fourth-order valence-corrected chi connectivity index (χ4v) is 3.01. The van der Waals surface area contributed by atoms with Gasteiger partial charge < -0.3 is 15.2 Å². The van der Waals surface area contributed by atoms with E-state index in [-0.39, 0.29) is 18.4 Å². The maximum Gasteiger partial charge on any atom is 0.161 e. The Bertz CT molecular complexity index is 534. The van der Waals surface area contributed by atoms with E-state index in [1.807, 2.05) is 29.0 Å². The van der Waals surface area contributed by atoms with Crippen molar-refractivity contribution in [1.82, 2.24) is 0 Å². The molecule has 1 aromatic heterocycles. The molecule has 0 radical (unpaired) electrons. The minimum atomic E-state index is -0.176. The van der Waals surface area contributed by atoms with Crippen molar-refractivity contribution in [2.45, 2.75) is 6.04 Å². The van der Waals surface area contributed by atoms with Crippen molar-refractivity contribution in [2.24, 2.45) is 5.73 Å². The SMILES string of the molecule is COc1cc(Br)c([C@H](N)c2ccsc2)cc1OC.Cl. The third-order valence-electron chi connectivity index (χ3n) is 2.74. The predicted molar refractivity (Wildman–Crippen MR) is 84.8 cm³/mol. The molecular formula is C13H15BrClNO2S. The average molecular weight is 365 g/mol. The molecular weight excluding hydrogens is 350 g/mol. The van der Waals surface area contributed by atoms with Crippen LogP contribution < -0.4 is 15.2 Å². The van der Waals surface area contributed by atoms with Gasteiger partial charge in [-0.05, 0) is 40.1 Å². The number of hydrogen-bond acceptors (Lipinski definition) is 4. The van der Waals surface area contributed by atoms with Gasteiger partial charge in [0, 0.05) is 4.47 Å². The molecule has 2 rings (SSSR count). The van der Waals surface area contributed by atoms with Gasteiger partial charge >= 0.3 is 0 Å². The molecule has 0 saturated heterocycles. The van der Waals surface area contributed by atoms with E-state index in [0.717, 1.165) is 15.6 Å². The number of benzene rings is 1. The van der Waals surface area contributed by atoms with Gasteiger partial charge in [-0.2, -0.15) is 11.3 Å². The maximum atomic E-state index is 6.26. The van der Waals surface area contributed by atoms with Crippen LogP contribution in [0, 0.1) is 0 Å². The molecule has 0 spiro atoms. The van der Waals surface area contributed by atoms with Gasteiger partial charge in [0.15, 0.2) is 11.5 Å². The van der Waals surface area contributed by atoms with Crippen LogP contribution in [0.1, 0.15) is 17.2 Å². The number of nitrogens with two attached hydrogens (primary N) is 1. The van der Waals surface area contributed by atoms with Crippen LogP contribution in [0.2, 0.25) is 0 Å². The van der Waals surface area contributed by atoms with Gasteiger partial charge in [-0.15, -0.1) is 12.4 Å². The van der Waals surface area contributed by atoms with Gasteiger partial charge in [0.05, 0.1) is 20.3 Å². The highest BCUT2D eigenvalue weighted by molar-refractivity contribution is 9.10. The summed E-state index contributed by atoms with van der Waals surface area (Å²) < 4.78 is 11.5. The van der Waals surface area contributed by atoms with Gasteiger partial charge in [-0.1, -0.05) is 15.9 Å². The number of halogens is 2. The highest BCUT2D eigenvalue weighted by Gasteiger charge is 2.16. The summed E-state index contributed by atoms with van der Waals surface area (Å²) in [5.74, 6) is 1.37. The molecule has 3 nitrogen and oxygen atoms in total. The second kappa shape index (κ2) is 7.14. The van der Waals surface area contributed by atoms with Gasteiger partial charge in [0.25, 0.3) is 0 Å². The van der Waals surface area contributed by atoms with E-state index in [1.54, 1.807) is 25.6 Å². The van der Waals surface area contributed by atoms with Crippen LogP contribution in [0.15, 0.2) is 33.4 Å². The van der Waals surface area contributed by atoms with Crippen molar-refractivity contribution in [3.05, 3.63) is 44.6 Å². The topological polar surface area (TPSA) is 44.5 Å². The van der Waals surface area contributed by atoms with Crippen LogP contribution in [0.4, 0.5) is 0 Å². The van der Waals surface area contributed by atoms with Crippen molar-refractivity contribution in [3.63, 3.8) is 0 Å². The van der Waals surface area contributed by atoms with Crippen molar-refractivity contribution < 1.29 is 9.47 Å². The molecule has 0 saturated carbocycles. The summed E-state index contributed by atoms with van der Waals surface area (Å²) >= 11 is 5.16. The van der Waals surface area contributed by atoms with Crippen molar-refractivity contribution >= 4 is 39.7 Å². The lowest BCUT2D eigenvalue weighted by atomic mass is 10.0. The summed E-state index contributed by atoms with van der Waals surface area (Å²) in [4.78, 5) is 0. The number of methoxy groups -OCH3 is 2. The molecule has 2 N–H and O–H groups in total. The number of rotatable bonds is 4. The smallest absolute Gasteiger partial charge is 0.161 e. The van der Waals surface area contributed by atoms with Gasteiger partial charge in [0.2, 0.25) is 0 Å². The fourth-order valence-electron chi connectivity index (χ4n) is 1.74. The summed E-state index contributed by atoms with van der Waals surface area (Å²) in [6, 6.07) is 5.63. The molecule has 0 amide bonds. The van der Waals surface area contributed by atoms with Crippen molar-refractivity contribution in [1.29, 1.82) is 0 Å². The van der Waals surface area contributed by atoms with Crippen LogP contribution in [0.3, 0.4) is 0 Å². The lowest BCUT2D eigenvalue weighted by molar-refractivity contribution is 0.354. The zero-order chi connectivity index (χ0) is 13.1. The van der Waals surface area contributed by atoms with Gasteiger partial charge in [-0.3, -0.25) is 0 Å². The first-order valence-corrected chi connectivity index (χ1v) is 7.10. The zero-order valence-corrected chi connectivity index (χ0v) is 13.8. The molecule has 0 bridgehead atoms. The normalized spacial score (nSPS) is 11.6. The standard InChI is InChI=1S/C13H14BrNO2S.ClH/c1-16-11-5-9(10(14)6-12(11)17-2)13(15)8-3-4-18-7-8;/h3-7,13H,15H2,1-2H3;1H/t13-;/m1./s1. The molecule has 6 heteroatoms. The second-order valence-electron chi connectivity index (χ2n) is 3.76. The Balaban J connectivity index is 0.00000180. The average Bonchev–Trinajstić information content (AvgIpc) is 2.91. The van der Waals surface area contributed by atoms with Crippen molar-refractivity contribution in [2.75, 3.05) is 14.2 Å². The minimum absolute atomic E-state index is 0. The largest absolute Gasteiger partial charge is 0.493 e. The summed E-state index contributed by atoms with van der Waals surface area (Å²) in [6.07, 6.45) is 0. The lowest BCUT2D eigenvalue weighted by Crippen LogP contribution is -2.12. The third kappa shape index (κ3) is 3.42. The number of thiophene rings is 1. The van der Waals surface area contributed by atoms with Gasteiger partial charge in [0.1, 0.15) is 0 Å². The zero-order valence-electron chi connectivity index (χ0n) is 10.6. The Morgan fingerprint density at radius 2 is 1.84 bits per heavy atom. The molecule has 0 unspecified atom stereocenters. The lowest BCUT2D eigenvalue weighted by Gasteiger charge is -2.16. The van der Waals surface area contributed by atoms with E-state index in [9.17, 15) is 0 Å². The highest BCUT2D eigenvalue weighted by Crippen LogP contribution is 2.37. The summed E-state index contributed by atoms with van der Waals surface area (Å²) in [6.45, 7) is 0. The maximum absolute atomic E-state index is 6.26. The monoisotopic (exact) mass is 363 g/mol. The van der Waals surface area contributed by atoms with Crippen LogP contribution in [-0.2, 0) is 0 Å². The fraction of sp³-hybridized carbons (Fsp3) is 0.231. The van der Waals surface area contributed by atoms with Crippen LogP contribution in [0.25, 0.3) is 0 Å². The van der Waals surface area contributed by atoms with E-state index in [0.29, 0.717) is 11.5 Å². The minimum Gasteiger partial charge on any atom is -0.493 e. The number of hydrogen-bond donors (Lipinski definition) is 1. The van der Waals surface area contributed by atoms with E-state index in [1.165, 1.54) is 0 Å². The molecule has 0 aliphatic rings. The Labute approximate surface area is 131 Å². The van der Waals surface area contributed by atoms with Gasteiger partial charge in [-0.25, -0.2) is 0 Å². The summed E-state index contributed by atoms with van der Waals surface area (Å²) in [7, 11) is 3.23. The van der Waals surface area contributed by atoms with Crippen molar-refractivity contribution in [3.8, 4) is 11.5 Å². The van der Waals surface area contributed by atoms with Crippen LogP contribution in [0.5, 0.6) is 11.5 Å². The summed E-state index contributed by atoms with van der Waals surface area (Å²) in [5.41, 5.74) is 8.33. The Hall–Kier alpha value is -0.750. The van der Waals surface area contributed by atoms with E-state index >= 15 is 0 Å². The van der Waals surface area contributed by atoms with E-state index in [2.05, 4.69) is 15.9 Å². The first-order valence-electron chi connectivity index (χ1n) is 5.36. The predicted octanol–water partition coefficient (Wildman–Crippen LogP) is 4.00. The second-order valence-corrected chi connectivity index (χ2v) is 5.40. The molecule has 2 aromatic rings. The molecule has 104 valence electrons. The molecule has 0 aliphatic heterocycles. The first kappa shape index (κ1) is 16.3. The molecule has 0 fully saturated rings. The van der Waals surface area contributed by atoms with E-state index in [4.69, 9.17) is 15.2 Å².